The molecule has 3 aromatic rings. The Bertz CT molecular complexity index is 940. The molecule has 136 valence electrons. The molecule has 0 fully saturated rings. The fourth-order valence-electron chi connectivity index (χ4n) is 3.20. The van der Waals surface area contributed by atoms with Gasteiger partial charge < -0.3 is 14.5 Å². The largest absolute Gasteiger partial charge is 0.380 e. The average molecular weight is 356 g/mol. The van der Waals surface area contributed by atoms with Crippen LogP contribution in [-0.4, -0.2) is 47.2 Å². The highest BCUT2D eigenvalue weighted by Crippen LogP contribution is 2.23. The van der Waals surface area contributed by atoms with E-state index in [9.17, 15) is 9.90 Å². The Morgan fingerprint density at radius 1 is 1.38 bits per heavy atom. The van der Waals surface area contributed by atoms with E-state index in [1.807, 2.05) is 17.7 Å². The van der Waals surface area contributed by atoms with Crippen LogP contribution < -0.4 is 0 Å². The van der Waals surface area contributed by atoms with Crippen LogP contribution in [0.3, 0.4) is 0 Å². The van der Waals surface area contributed by atoms with Gasteiger partial charge in [0.1, 0.15) is 11.9 Å². The van der Waals surface area contributed by atoms with E-state index < -0.39 is 6.10 Å². The van der Waals surface area contributed by atoms with Gasteiger partial charge in [0.25, 0.3) is 0 Å². The van der Waals surface area contributed by atoms with Gasteiger partial charge in [-0.25, -0.2) is 0 Å². The summed E-state index contributed by atoms with van der Waals surface area (Å²) < 4.78 is 8.59. The fourth-order valence-corrected chi connectivity index (χ4v) is 3.20. The number of aryl methyl sites for hydroxylation is 2. The van der Waals surface area contributed by atoms with Gasteiger partial charge in [0, 0.05) is 25.9 Å². The Kier molecular flexibility index (Phi) is 4.08. The second-order valence-electron chi connectivity index (χ2n) is 6.49. The van der Waals surface area contributed by atoms with E-state index in [1.165, 1.54) is 0 Å². The molecule has 1 atom stereocenters. The number of aliphatic hydroxyl groups excluding tert-OH is 1. The topological polar surface area (TPSA) is 102 Å². The first-order valence-corrected chi connectivity index (χ1v) is 8.44. The third kappa shape index (κ3) is 3.01. The summed E-state index contributed by atoms with van der Waals surface area (Å²) in [7, 11) is 1.78. The van der Waals surface area contributed by atoms with E-state index in [2.05, 4.69) is 15.4 Å². The molecular weight excluding hydrogens is 336 g/mol. The Morgan fingerprint density at radius 2 is 2.23 bits per heavy atom. The van der Waals surface area contributed by atoms with Crippen molar-refractivity contribution in [3.05, 3.63) is 52.9 Å². The predicted molar refractivity (Wildman–Crippen MR) is 89.9 cm³/mol. The molecule has 0 radical (unpaired) electrons. The van der Waals surface area contributed by atoms with Crippen molar-refractivity contribution in [2.24, 2.45) is 7.05 Å². The molecular formula is C17H20N6O3. The van der Waals surface area contributed by atoms with E-state index in [0.717, 1.165) is 11.4 Å². The third-order valence-corrected chi connectivity index (χ3v) is 4.59. The molecule has 4 rings (SSSR count). The van der Waals surface area contributed by atoms with Gasteiger partial charge in [-0.15, -0.1) is 0 Å². The summed E-state index contributed by atoms with van der Waals surface area (Å²) in [4.78, 5) is 14.3. The van der Waals surface area contributed by atoms with E-state index in [4.69, 9.17) is 4.52 Å². The average Bonchev–Trinajstić information content (AvgIpc) is 3.33. The van der Waals surface area contributed by atoms with Crippen LogP contribution >= 0.6 is 0 Å². The highest BCUT2D eigenvalue weighted by molar-refractivity contribution is 5.78. The van der Waals surface area contributed by atoms with Gasteiger partial charge in [0.2, 0.25) is 5.91 Å². The molecule has 1 unspecified atom stereocenters. The van der Waals surface area contributed by atoms with Gasteiger partial charge in [-0.3, -0.25) is 14.2 Å². The lowest BCUT2D eigenvalue weighted by molar-refractivity contribution is -0.132. The van der Waals surface area contributed by atoms with Crippen LogP contribution in [0.1, 0.15) is 34.6 Å². The van der Waals surface area contributed by atoms with Crippen LogP contribution in [0.4, 0.5) is 0 Å². The lowest BCUT2D eigenvalue weighted by Gasteiger charge is -2.27. The molecule has 9 nitrogen and oxygen atoms in total. The van der Waals surface area contributed by atoms with Crippen LogP contribution in [0.5, 0.6) is 0 Å². The van der Waals surface area contributed by atoms with Crippen LogP contribution in [0.15, 0.2) is 28.9 Å². The Labute approximate surface area is 149 Å². The highest BCUT2D eigenvalue weighted by atomic mass is 16.5. The Hall–Kier alpha value is -2.94. The van der Waals surface area contributed by atoms with Gasteiger partial charge in [-0.05, 0) is 19.1 Å². The minimum Gasteiger partial charge on any atom is -0.380 e. The summed E-state index contributed by atoms with van der Waals surface area (Å²) in [5.74, 6) is 0.557. The number of amides is 1. The number of carbonyl (C=O) groups excluding carboxylic acids is 1. The quantitative estimate of drug-likeness (QED) is 0.734. The molecule has 0 aliphatic carbocycles. The molecule has 0 saturated heterocycles. The summed E-state index contributed by atoms with van der Waals surface area (Å²) >= 11 is 0. The second-order valence-corrected chi connectivity index (χ2v) is 6.49. The minimum atomic E-state index is -0.845. The zero-order chi connectivity index (χ0) is 18.3. The maximum absolute atomic E-state index is 12.5. The molecule has 9 heteroatoms. The van der Waals surface area contributed by atoms with E-state index in [1.54, 1.807) is 35.0 Å². The van der Waals surface area contributed by atoms with Crippen LogP contribution in [0.25, 0.3) is 0 Å². The van der Waals surface area contributed by atoms with Crippen molar-refractivity contribution in [3.63, 3.8) is 0 Å². The smallest absolute Gasteiger partial charge is 0.230 e. The molecule has 0 spiro atoms. The number of rotatable bonds is 4. The number of carbonyl (C=O) groups is 1. The van der Waals surface area contributed by atoms with Crippen molar-refractivity contribution >= 4 is 5.91 Å². The molecule has 0 aromatic carbocycles. The number of hydrogen-bond acceptors (Lipinski definition) is 6. The van der Waals surface area contributed by atoms with Crippen LogP contribution in [0.2, 0.25) is 0 Å². The van der Waals surface area contributed by atoms with Crippen molar-refractivity contribution in [1.82, 2.24) is 29.6 Å². The second kappa shape index (κ2) is 6.41. The molecule has 1 aliphatic heterocycles. The number of aromatic nitrogens is 5. The monoisotopic (exact) mass is 356 g/mol. The molecule has 3 aromatic heterocycles. The van der Waals surface area contributed by atoms with Gasteiger partial charge in [-0.2, -0.15) is 10.2 Å². The zero-order valence-corrected chi connectivity index (χ0v) is 14.7. The highest BCUT2D eigenvalue weighted by Gasteiger charge is 2.26. The summed E-state index contributed by atoms with van der Waals surface area (Å²) in [6.45, 7) is 3.44. The van der Waals surface area contributed by atoms with Crippen molar-refractivity contribution in [1.29, 1.82) is 0 Å². The summed E-state index contributed by atoms with van der Waals surface area (Å²) in [5.41, 5.74) is 2.89. The molecule has 1 aliphatic rings. The standard InChI is InChI=1S/C17H20N6O3/c1-11-7-13(26-20-11)9-16(24)22-5-6-23-12(10-22)8-14(19-23)17(25)15-3-4-18-21(15)2/h3-4,7-8,17,25H,5-6,9-10H2,1-2H3. The fraction of sp³-hybridized carbons (Fsp3) is 0.412. The minimum absolute atomic E-state index is 0.0117. The van der Waals surface area contributed by atoms with Crippen LogP contribution in [0, 0.1) is 6.92 Å². The van der Waals surface area contributed by atoms with Crippen molar-refractivity contribution in [2.45, 2.75) is 32.5 Å². The summed E-state index contributed by atoms with van der Waals surface area (Å²) in [6.07, 6.45) is 0.988. The van der Waals surface area contributed by atoms with E-state index in [0.29, 0.717) is 36.8 Å². The lowest BCUT2D eigenvalue weighted by Crippen LogP contribution is -2.39. The summed E-state index contributed by atoms with van der Waals surface area (Å²) in [6, 6.07) is 5.38. The van der Waals surface area contributed by atoms with Crippen molar-refractivity contribution in [3.8, 4) is 0 Å². The third-order valence-electron chi connectivity index (χ3n) is 4.59. The zero-order valence-electron chi connectivity index (χ0n) is 14.7. The maximum atomic E-state index is 12.5. The Balaban J connectivity index is 1.48. The van der Waals surface area contributed by atoms with Gasteiger partial charge in [-0.1, -0.05) is 5.16 Å². The molecule has 1 amide bonds. The predicted octanol–water partition coefficient (Wildman–Crippen LogP) is 0.580. The molecule has 0 bridgehead atoms. The SMILES string of the molecule is Cc1cc(CC(=O)N2CCn3nc(C(O)c4ccnn4C)cc3C2)on1. The van der Waals surface area contributed by atoms with Gasteiger partial charge in [0.15, 0.2) is 0 Å². The molecule has 26 heavy (non-hydrogen) atoms. The normalized spacial score (nSPS) is 15.1. The van der Waals surface area contributed by atoms with E-state index >= 15 is 0 Å². The molecule has 4 heterocycles. The molecule has 0 saturated carbocycles. The maximum Gasteiger partial charge on any atom is 0.230 e. The number of hydrogen-bond donors (Lipinski definition) is 1. The van der Waals surface area contributed by atoms with Crippen molar-refractivity contribution < 1.29 is 14.4 Å². The first kappa shape index (κ1) is 16.5. The number of aliphatic hydroxyl groups is 1. The van der Waals surface area contributed by atoms with Crippen molar-refractivity contribution in [2.75, 3.05) is 6.54 Å². The van der Waals surface area contributed by atoms with Gasteiger partial charge in [0.05, 0.1) is 42.3 Å². The van der Waals surface area contributed by atoms with Crippen LogP contribution in [-0.2, 0) is 31.4 Å². The van der Waals surface area contributed by atoms with Gasteiger partial charge >= 0.3 is 0 Å². The lowest BCUT2D eigenvalue weighted by atomic mass is 10.1. The number of nitrogens with zero attached hydrogens (tertiary/aromatic N) is 6. The first-order valence-electron chi connectivity index (χ1n) is 8.44. The molecule has 1 N–H and O–H groups in total. The number of fused-ring (bicyclic) bond motifs is 1. The first-order chi connectivity index (χ1) is 12.5. The van der Waals surface area contributed by atoms with E-state index in [-0.39, 0.29) is 12.3 Å². The Morgan fingerprint density at radius 3 is 2.92 bits per heavy atom. The summed E-state index contributed by atoms with van der Waals surface area (Å²) in [5, 5.41) is 22.9.